The highest BCUT2D eigenvalue weighted by molar-refractivity contribution is 5.77. The molecule has 2 atom stereocenters. The van der Waals surface area contributed by atoms with E-state index in [4.69, 9.17) is 10.8 Å². The largest absolute Gasteiger partial charge is 0.481 e. The van der Waals surface area contributed by atoms with E-state index in [1.807, 2.05) is 13.8 Å². The van der Waals surface area contributed by atoms with Crippen LogP contribution in [0.4, 0.5) is 0 Å². The average molecular weight is 230 g/mol. The van der Waals surface area contributed by atoms with Crippen LogP contribution in [0.5, 0.6) is 0 Å². The fourth-order valence-electron chi connectivity index (χ4n) is 1.33. The molecule has 0 aliphatic rings. The SMILES string of the molecule is CCN(CC(C)C(=O)O)C(=O)CC(C)CN. The van der Waals surface area contributed by atoms with E-state index >= 15 is 0 Å². The third-order valence-corrected chi connectivity index (χ3v) is 2.58. The van der Waals surface area contributed by atoms with Gasteiger partial charge in [0.1, 0.15) is 0 Å². The molecule has 0 radical (unpaired) electrons. The lowest BCUT2D eigenvalue weighted by Crippen LogP contribution is -2.38. The normalized spacial score (nSPS) is 14.2. The lowest BCUT2D eigenvalue weighted by molar-refractivity contribution is -0.143. The van der Waals surface area contributed by atoms with Gasteiger partial charge >= 0.3 is 5.97 Å². The Bertz CT molecular complexity index is 243. The summed E-state index contributed by atoms with van der Waals surface area (Å²) in [4.78, 5) is 24.0. The molecule has 0 aromatic carbocycles. The lowest BCUT2D eigenvalue weighted by atomic mass is 10.1. The second kappa shape index (κ2) is 7.22. The molecule has 5 heteroatoms. The van der Waals surface area contributed by atoms with Crippen LogP contribution in [0, 0.1) is 11.8 Å². The van der Waals surface area contributed by atoms with E-state index in [1.54, 1.807) is 11.8 Å². The van der Waals surface area contributed by atoms with E-state index in [1.165, 1.54) is 0 Å². The number of carboxylic acid groups (broad SMARTS) is 1. The summed E-state index contributed by atoms with van der Waals surface area (Å²) in [5, 5.41) is 8.78. The molecular formula is C11H22N2O3. The molecule has 0 saturated heterocycles. The number of hydrogen-bond donors (Lipinski definition) is 2. The number of hydrogen-bond acceptors (Lipinski definition) is 3. The van der Waals surface area contributed by atoms with Crippen LogP contribution >= 0.6 is 0 Å². The molecule has 2 unspecified atom stereocenters. The van der Waals surface area contributed by atoms with Crippen molar-refractivity contribution in [3.63, 3.8) is 0 Å². The molecule has 16 heavy (non-hydrogen) atoms. The molecule has 0 rings (SSSR count). The molecule has 0 aliphatic carbocycles. The summed E-state index contributed by atoms with van der Waals surface area (Å²) in [7, 11) is 0. The van der Waals surface area contributed by atoms with Crippen molar-refractivity contribution in [3.8, 4) is 0 Å². The Labute approximate surface area is 96.6 Å². The van der Waals surface area contributed by atoms with Gasteiger partial charge in [0.25, 0.3) is 0 Å². The van der Waals surface area contributed by atoms with Crippen molar-refractivity contribution in [2.75, 3.05) is 19.6 Å². The molecule has 0 heterocycles. The van der Waals surface area contributed by atoms with Crippen molar-refractivity contribution >= 4 is 11.9 Å². The lowest BCUT2D eigenvalue weighted by Gasteiger charge is -2.24. The number of carbonyl (C=O) groups excluding carboxylic acids is 1. The number of amides is 1. The summed E-state index contributed by atoms with van der Waals surface area (Å²) >= 11 is 0. The van der Waals surface area contributed by atoms with Gasteiger partial charge in [0.15, 0.2) is 0 Å². The van der Waals surface area contributed by atoms with E-state index in [-0.39, 0.29) is 18.4 Å². The molecule has 0 saturated carbocycles. The topological polar surface area (TPSA) is 83.6 Å². The zero-order chi connectivity index (χ0) is 12.7. The van der Waals surface area contributed by atoms with Crippen molar-refractivity contribution in [2.45, 2.75) is 27.2 Å². The Balaban J connectivity index is 4.27. The zero-order valence-corrected chi connectivity index (χ0v) is 10.3. The predicted octanol–water partition coefficient (Wildman–Crippen LogP) is 0.541. The van der Waals surface area contributed by atoms with Gasteiger partial charge in [-0.1, -0.05) is 13.8 Å². The number of nitrogens with two attached hydrogens (primary N) is 1. The van der Waals surface area contributed by atoms with Crippen LogP contribution in [0.1, 0.15) is 27.2 Å². The van der Waals surface area contributed by atoms with E-state index in [0.29, 0.717) is 19.5 Å². The van der Waals surface area contributed by atoms with Gasteiger partial charge in [-0.15, -0.1) is 0 Å². The Morgan fingerprint density at radius 2 is 1.94 bits per heavy atom. The Kier molecular flexibility index (Phi) is 6.72. The molecule has 0 aromatic rings. The van der Waals surface area contributed by atoms with Crippen molar-refractivity contribution < 1.29 is 14.7 Å². The van der Waals surface area contributed by atoms with Gasteiger partial charge in [-0.2, -0.15) is 0 Å². The van der Waals surface area contributed by atoms with Crippen LogP contribution in [0.3, 0.4) is 0 Å². The summed E-state index contributed by atoms with van der Waals surface area (Å²) in [6, 6.07) is 0. The minimum Gasteiger partial charge on any atom is -0.481 e. The average Bonchev–Trinajstić information content (AvgIpc) is 2.24. The van der Waals surface area contributed by atoms with Crippen molar-refractivity contribution in [2.24, 2.45) is 17.6 Å². The summed E-state index contributed by atoms with van der Waals surface area (Å²) in [6.07, 6.45) is 0.386. The maximum Gasteiger partial charge on any atom is 0.308 e. The molecular weight excluding hydrogens is 208 g/mol. The van der Waals surface area contributed by atoms with Crippen LogP contribution in [0.15, 0.2) is 0 Å². The maximum absolute atomic E-state index is 11.8. The number of carbonyl (C=O) groups is 2. The smallest absolute Gasteiger partial charge is 0.308 e. The van der Waals surface area contributed by atoms with Gasteiger partial charge in [-0.3, -0.25) is 9.59 Å². The predicted molar refractivity (Wildman–Crippen MR) is 61.9 cm³/mol. The van der Waals surface area contributed by atoms with E-state index in [0.717, 1.165) is 0 Å². The Morgan fingerprint density at radius 1 is 1.38 bits per heavy atom. The molecule has 0 bridgehead atoms. The first-order valence-electron chi connectivity index (χ1n) is 5.62. The Morgan fingerprint density at radius 3 is 2.31 bits per heavy atom. The minimum absolute atomic E-state index is 0.0199. The van der Waals surface area contributed by atoms with Crippen LogP contribution in [-0.2, 0) is 9.59 Å². The molecule has 0 fully saturated rings. The summed E-state index contributed by atoms with van der Waals surface area (Å²) in [6.45, 7) is 6.63. The number of rotatable bonds is 7. The number of aliphatic carboxylic acids is 1. The van der Waals surface area contributed by atoms with Gasteiger partial charge < -0.3 is 15.7 Å². The first kappa shape index (κ1) is 14.9. The van der Waals surface area contributed by atoms with Crippen LogP contribution in [0.25, 0.3) is 0 Å². The van der Waals surface area contributed by atoms with Crippen molar-refractivity contribution in [1.29, 1.82) is 0 Å². The van der Waals surface area contributed by atoms with Gasteiger partial charge in [0.2, 0.25) is 5.91 Å². The first-order valence-corrected chi connectivity index (χ1v) is 5.62. The van der Waals surface area contributed by atoms with Gasteiger partial charge in [0, 0.05) is 19.5 Å². The summed E-state index contributed by atoms with van der Waals surface area (Å²) < 4.78 is 0. The minimum atomic E-state index is -0.877. The van der Waals surface area contributed by atoms with Gasteiger partial charge in [0.05, 0.1) is 5.92 Å². The second-order valence-electron chi connectivity index (χ2n) is 4.22. The van der Waals surface area contributed by atoms with E-state index < -0.39 is 11.9 Å². The quantitative estimate of drug-likeness (QED) is 0.668. The van der Waals surface area contributed by atoms with E-state index in [2.05, 4.69) is 0 Å². The first-order chi connectivity index (χ1) is 7.42. The van der Waals surface area contributed by atoms with Gasteiger partial charge in [-0.25, -0.2) is 0 Å². The number of carboxylic acids is 1. The molecule has 1 amide bonds. The fraction of sp³-hybridized carbons (Fsp3) is 0.818. The molecule has 94 valence electrons. The monoisotopic (exact) mass is 230 g/mol. The van der Waals surface area contributed by atoms with Crippen LogP contribution in [-0.4, -0.2) is 41.5 Å². The molecule has 3 N–H and O–H groups in total. The third-order valence-electron chi connectivity index (χ3n) is 2.58. The summed E-state index contributed by atoms with van der Waals surface area (Å²) in [5.41, 5.74) is 5.45. The maximum atomic E-state index is 11.8. The van der Waals surface area contributed by atoms with Crippen LogP contribution < -0.4 is 5.73 Å². The van der Waals surface area contributed by atoms with Crippen molar-refractivity contribution in [3.05, 3.63) is 0 Å². The van der Waals surface area contributed by atoms with Gasteiger partial charge in [-0.05, 0) is 19.4 Å². The fourth-order valence-corrected chi connectivity index (χ4v) is 1.33. The second-order valence-corrected chi connectivity index (χ2v) is 4.22. The summed E-state index contributed by atoms with van der Waals surface area (Å²) in [5.74, 6) is -1.29. The highest BCUT2D eigenvalue weighted by Gasteiger charge is 2.20. The highest BCUT2D eigenvalue weighted by Crippen LogP contribution is 2.07. The number of nitrogens with zero attached hydrogens (tertiary/aromatic N) is 1. The highest BCUT2D eigenvalue weighted by atomic mass is 16.4. The van der Waals surface area contributed by atoms with Crippen molar-refractivity contribution in [1.82, 2.24) is 4.90 Å². The molecule has 0 aliphatic heterocycles. The molecule has 0 aromatic heterocycles. The molecule has 5 nitrogen and oxygen atoms in total. The standard InChI is InChI=1S/C11H22N2O3/c1-4-13(7-9(3)11(15)16)10(14)5-8(2)6-12/h8-9H,4-7,12H2,1-3H3,(H,15,16). The Hall–Kier alpha value is -1.10. The van der Waals surface area contributed by atoms with Crippen LogP contribution in [0.2, 0.25) is 0 Å². The molecule has 0 spiro atoms. The third kappa shape index (κ3) is 5.11. The van der Waals surface area contributed by atoms with E-state index in [9.17, 15) is 9.59 Å². The zero-order valence-electron chi connectivity index (χ0n) is 10.3.